The third-order valence-corrected chi connectivity index (χ3v) is 5.24. The van der Waals surface area contributed by atoms with E-state index >= 15 is 0 Å². The second-order valence-corrected chi connectivity index (χ2v) is 7.07. The lowest BCUT2D eigenvalue weighted by molar-refractivity contribution is -0.151. The summed E-state index contributed by atoms with van der Waals surface area (Å²) in [6.45, 7) is 6.19. The van der Waals surface area contributed by atoms with Crippen LogP contribution >= 0.6 is 0 Å². The van der Waals surface area contributed by atoms with Gasteiger partial charge < -0.3 is 4.74 Å². The number of rotatable bonds is 5. The lowest BCUT2D eigenvalue weighted by Crippen LogP contribution is -2.34. The van der Waals surface area contributed by atoms with Crippen LogP contribution in [0, 0.1) is 12.8 Å². The zero-order valence-electron chi connectivity index (χ0n) is 16.2. The van der Waals surface area contributed by atoms with Crippen LogP contribution < -0.4 is 0 Å². The van der Waals surface area contributed by atoms with Crippen molar-refractivity contribution in [3.63, 3.8) is 0 Å². The first-order chi connectivity index (χ1) is 13.0. The maximum Gasteiger partial charge on any atom is 0.317 e. The molecule has 0 aliphatic heterocycles. The van der Waals surface area contributed by atoms with E-state index in [-0.39, 0.29) is 18.3 Å². The van der Waals surface area contributed by atoms with Crippen molar-refractivity contribution in [2.45, 2.75) is 39.5 Å². The second-order valence-electron chi connectivity index (χ2n) is 7.07. The molecule has 3 nitrogen and oxygen atoms in total. The lowest BCUT2D eigenvalue weighted by Gasteiger charge is -2.29. The van der Waals surface area contributed by atoms with Crippen LogP contribution in [0.25, 0.3) is 5.57 Å². The quantitative estimate of drug-likeness (QED) is 0.562. The number of carbonyl (C=O) groups is 2. The van der Waals surface area contributed by atoms with Crippen molar-refractivity contribution in [3.05, 3.63) is 76.9 Å². The van der Waals surface area contributed by atoms with Gasteiger partial charge in [0.2, 0.25) is 0 Å². The first-order valence-corrected chi connectivity index (χ1v) is 9.60. The molecule has 0 heterocycles. The third-order valence-electron chi connectivity index (χ3n) is 5.24. The fourth-order valence-electron chi connectivity index (χ4n) is 3.67. The highest BCUT2D eigenvalue weighted by atomic mass is 16.5. The highest BCUT2D eigenvalue weighted by molar-refractivity contribution is 6.10. The van der Waals surface area contributed by atoms with Gasteiger partial charge in [0, 0.05) is 5.92 Å². The topological polar surface area (TPSA) is 43.4 Å². The van der Waals surface area contributed by atoms with Crippen LogP contribution in [0.3, 0.4) is 0 Å². The number of ether oxygens (including phenoxy) is 1. The molecule has 1 aliphatic rings. The molecule has 0 amide bonds. The molecule has 0 unspecified atom stereocenters. The van der Waals surface area contributed by atoms with E-state index in [1.807, 2.05) is 43.3 Å². The smallest absolute Gasteiger partial charge is 0.317 e. The molecule has 2 atom stereocenters. The van der Waals surface area contributed by atoms with Gasteiger partial charge in [0.15, 0.2) is 5.78 Å². The summed E-state index contributed by atoms with van der Waals surface area (Å²) < 4.78 is 5.22. The number of esters is 1. The van der Waals surface area contributed by atoms with Gasteiger partial charge in [0.25, 0.3) is 0 Å². The van der Waals surface area contributed by atoms with E-state index in [2.05, 4.69) is 19.1 Å². The Balaban J connectivity index is 1.99. The molecule has 1 aliphatic carbocycles. The summed E-state index contributed by atoms with van der Waals surface area (Å²) in [7, 11) is 0. The number of aryl methyl sites for hydroxylation is 2. The van der Waals surface area contributed by atoms with E-state index in [4.69, 9.17) is 4.74 Å². The Kier molecular flexibility index (Phi) is 5.90. The predicted molar refractivity (Wildman–Crippen MR) is 107 cm³/mol. The van der Waals surface area contributed by atoms with E-state index in [1.54, 1.807) is 13.0 Å². The maximum absolute atomic E-state index is 12.9. The highest BCUT2D eigenvalue weighted by Gasteiger charge is 2.39. The summed E-state index contributed by atoms with van der Waals surface area (Å²) in [6.07, 6.45) is 3.23. The molecule has 0 radical (unpaired) electrons. The van der Waals surface area contributed by atoms with E-state index in [0.29, 0.717) is 6.42 Å². The molecule has 3 rings (SSSR count). The highest BCUT2D eigenvalue weighted by Crippen LogP contribution is 2.40. The molecular formula is C24H26O3. The minimum absolute atomic E-state index is 0.167. The Hall–Kier alpha value is -2.68. The van der Waals surface area contributed by atoms with E-state index in [9.17, 15) is 9.59 Å². The summed E-state index contributed by atoms with van der Waals surface area (Å²) in [4.78, 5) is 25.4. The summed E-state index contributed by atoms with van der Waals surface area (Å²) in [6, 6.07) is 16.4. The van der Waals surface area contributed by atoms with Gasteiger partial charge in [0.05, 0.1) is 6.61 Å². The third kappa shape index (κ3) is 4.19. The predicted octanol–water partition coefficient (Wildman–Crippen LogP) is 4.88. The van der Waals surface area contributed by atoms with Gasteiger partial charge in [-0.05, 0) is 55.0 Å². The molecule has 0 saturated carbocycles. The summed E-state index contributed by atoms with van der Waals surface area (Å²) in [5, 5.41) is 0. The number of hydrogen-bond donors (Lipinski definition) is 0. The molecule has 0 aromatic heterocycles. The molecular weight excluding hydrogens is 336 g/mol. The largest absolute Gasteiger partial charge is 0.465 e. The van der Waals surface area contributed by atoms with Crippen LogP contribution in [0.2, 0.25) is 0 Å². The molecule has 0 saturated heterocycles. The van der Waals surface area contributed by atoms with Gasteiger partial charge in [0.1, 0.15) is 5.92 Å². The van der Waals surface area contributed by atoms with Gasteiger partial charge >= 0.3 is 5.97 Å². The average Bonchev–Trinajstić information content (AvgIpc) is 2.68. The molecule has 2 aromatic rings. The number of benzene rings is 2. The van der Waals surface area contributed by atoms with Crippen LogP contribution in [0.5, 0.6) is 0 Å². The normalized spacial score (nSPS) is 19.5. The van der Waals surface area contributed by atoms with Crippen molar-refractivity contribution in [2.75, 3.05) is 6.61 Å². The lowest BCUT2D eigenvalue weighted by atomic mass is 9.73. The Morgan fingerprint density at radius 1 is 1.04 bits per heavy atom. The van der Waals surface area contributed by atoms with Gasteiger partial charge in [-0.1, -0.05) is 61.0 Å². The van der Waals surface area contributed by atoms with Gasteiger partial charge in [-0.25, -0.2) is 0 Å². The van der Waals surface area contributed by atoms with Crippen molar-refractivity contribution in [1.29, 1.82) is 0 Å². The van der Waals surface area contributed by atoms with E-state index < -0.39 is 11.9 Å². The van der Waals surface area contributed by atoms with Crippen LogP contribution in [0.4, 0.5) is 0 Å². The van der Waals surface area contributed by atoms with Crippen LogP contribution in [-0.4, -0.2) is 18.4 Å². The minimum Gasteiger partial charge on any atom is -0.465 e. The maximum atomic E-state index is 12.9. The number of hydrogen-bond acceptors (Lipinski definition) is 3. The van der Waals surface area contributed by atoms with E-state index in [0.717, 1.165) is 23.1 Å². The van der Waals surface area contributed by atoms with Gasteiger partial charge in [-0.3, -0.25) is 9.59 Å². The molecule has 0 fully saturated rings. The van der Waals surface area contributed by atoms with Crippen molar-refractivity contribution in [3.8, 4) is 0 Å². The summed E-state index contributed by atoms with van der Waals surface area (Å²) >= 11 is 0. The van der Waals surface area contributed by atoms with Crippen LogP contribution in [-0.2, 0) is 20.7 Å². The Labute approximate surface area is 161 Å². The number of carbonyl (C=O) groups excluding carboxylic acids is 2. The van der Waals surface area contributed by atoms with Crippen molar-refractivity contribution < 1.29 is 14.3 Å². The molecule has 3 heteroatoms. The van der Waals surface area contributed by atoms with Crippen molar-refractivity contribution in [2.24, 2.45) is 5.92 Å². The fraction of sp³-hybridized carbons (Fsp3) is 0.333. The minimum atomic E-state index is -0.772. The molecule has 0 spiro atoms. The van der Waals surface area contributed by atoms with Crippen LogP contribution in [0.1, 0.15) is 48.4 Å². The summed E-state index contributed by atoms with van der Waals surface area (Å²) in [5.41, 5.74) is 5.44. The molecule has 0 bridgehead atoms. The fourth-order valence-corrected chi connectivity index (χ4v) is 3.67. The second kappa shape index (κ2) is 8.34. The molecule has 0 N–H and O–H groups in total. The standard InChI is InChI=1S/C24H26O3/c1-4-17-8-12-19(13-9-17)21-14-20(18-10-6-16(3)7-11-18)15-22(25)23(21)24(26)27-5-2/h6-13,15,21,23H,4-5,14H2,1-3H3/t21-,23-/m0/s1. The van der Waals surface area contributed by atoms with Crippen LogP contribution in [0.15, 0.2) is 54.6 Å². The molecule has 27 heavy (non-hydrogen) atoms. The van der Waals surface area contributed by atoms with Crippen molar-refractivity contribution >= 4 is 17.3 Å². The van der Waals surface area contributed by atoms with Gasteiger partial charge in [-0.15, -0.1) is 0 Å². The Morgan fingerprint density at radius 3 is 2.30 bits per heavy atom. The SMILES string of the molecule is CCOC(=O)[C@@H]1C(=O)C=C(c2ccc(C)cc2)C[C@H]1c1ccc(CC)cc1. The zero-order valence-corrected chi connectivity index (χ0v) is 16.2. The monoisotopic (exact) mass is 362 g/mol. The molecule has 140 valence electrons. The summed E-state index contributed by atoms with van der Waals surface area (Å²) in [5.74, 6) is -1.57. The number of allylic oxidation sites excluding steroid dienone is 2. The zero-order chi connectivity index (χ0) is 19.4. The van der Waals surface area contributed by atoms with Gasteiger partial charge in [-0.2, -0.15) is 0 Å². The Morgan fingerprint density at radius 2 is 1.70 bits per heavy atom. The van der Waals surface area contributed by atoms with Crippen molar-refractivity contribution in [1.82, 2.24) is 0 Å². The first-order valence-electron chi connectivity index (χ1n) is 9.60. The first kappa shape index (κ1) is 19.1. The van der Waals surface area contributed by atoms with E-state index in [1.165, 1.54) is 11.1 Å². The average molecular weight is 362 g/mol. The Bertz CT molecular complexity index is 844. The number of ketones is 1. The molecule has 2 aromatic carbocycles.